The minimum atomic E-state index is -2.25. The standard InChI is InChI=1S/C30H46O25/c1-43-15-7(31)12(36)28(53-19(15)23(39)44-2)50-17-9(33)14(38)30(55-21(17)25(41)46-4)51-18-10(34)13(37)29(54-22(18)26(42)47-5)49-16-8(32)11(35)27(48-6)52-20(16)24(40)45-3/h7-22,27-38H,1-6H3/t7-,8?,9?,10-,11?,12?,13?,14?,15+,16-,17-,18+,19?,20+,21+,22?,27-,28+,29+,30-/m0/s1. The number of hydrogen-bond acceptors (Lipinski definition) is 25. The molecule has 4 aliphatic rings. The topological polar surface area (TPSA) is 350 Å². The zero-order valence-electron chi connectivity index (χ0n) is 30.1. The number of hydrogen-bond donors (Lipinski definition) is 8. The lowest BCUT2D eigenvalue weighted by Gasteiger charge is -2.48. The van der Waals surface area contributed by atoms with Crippen LogP contribution in [-0.4, -0.2) is 230 Å². The quantitative estimate of drug-likeness (QED) is 0.0670. The lowest BCUT2D eigenvalue weighted by atomic mass is 9.95. The number of carbonyl (C=O) groups is 4. The first-order valence-electron chi connectivity index (χ1n) is 16.4. The van der Waals surface area contributed by atoms with E-state index in [2.05, 4.69) is 9.47 Å². The van der Waals surface area contributed by atoms with Crippen molar-refractivity contribution in [1.29, 1.82) is 0 Å². The molecule has 0 bridgehead atoms. The Kier molecular flexibility index (Phi) is 15.6. The van der Waals surface area contributed by atoms with Crippen LogP contribution < -0.4 is 0 Å². The van der Waals surface area contributed by atoms with E-state index in [-0.39, 0.29) is 0 Å². The maximum absolute atomic E-state index is 12.9. The molecule has 4 fully saturated rings. The Bertz CT molecular complexity index is 1320. The minimum Gasteiger partial charge on any atom is -0.467 e. The summed E-state index contributed by atoms with van der Waals surface area (Å²) < 4.78 is 67.3. The minimum absolute atomic E-state index is 0.895. The second-order valence-electron chi connectivity index (χ2n) is 12.5. The van der Waals surface area contributed by atoms with Crippen LogP contribution in [0.1, 0.15) is 0 Å². The summed E-state index contributed by atoms with van der Waals surface area (Å²) in [5.74, 6) is -4.75. The molecule has 0 spiro atoms. The highest BCUT2D eigenvalue weighted by atomic mass is 16.8. The lowest BCUT2D eigenvalue weighted by Crippen LogP contribution is -2.68. The number of methoxy groups -OCH3 is 6. The van der Waals surface area contributed by atoms with Gasteiger partial charge in [-0.15, -0.1) is 0 Å². The third-order valence-corrected chi connectivity index (χ3v) is 9.29. The maximum atomic E-state index is 12.9. The van der Waals surface area contributed by atoms with E-state index in [0.717, 1.165) is 42.7 Å². The molecule has 20 atom stereocenters. The van der Waals surface area contributed by atoms with Crippen molar-refractivity contribution in [3.8, 4) is 0 Å². The Balaban J connectivity index is 1.57. The monoisotopic (exact) mass is 806 g/mol. The Hall–Kier alpha value is -2.80. The smallest absolute Gasteiger partial charge is 0.337 e. The predicted molar refractivity (Wildman–Crippen MR) is 163 cm³/mol. The van der Waals surface area contributed by atoms with E-state index in [1.54, 1.807) is 0 Å². The van der Waals surface area contributed by atoms with Gasteiger partial charge in [0.05, 0.1) is 28.4 Å². The summed E-state index contributed by atoms with van der Waals surface area (Å²) in [6.45, 7) is 0. The summed E-state index contributed by atoms with van der Waals surface area (Å²) in [4.78, 5) is 50.7. The van der Waals surface area contributed by atoms with Crippen LogP contribution in [0, 0.1) is 0 Å². The predicted octanol–water partition coefficient (Wildman–Crippen LogP) is -7.72. The van der Waals surface area contributed by atoms with Crippen molar-refractivity contribution in [2.75, 3.05) is 42.7 Å². The summed E-state index contributed by atoms with van der Waals surface area (Å²) in [5.41, 5.74) is 0. The Morgan fingerprint density at radius 1 is 0.345 bits per heavy atom. The van der Waals surface area contributed by atoms with Crippen molar-refractivity contribution in [3.05, 3.63) is 0 Å². The number of ether oxygens (including phenoxy) is 13. The first kappa shape index (κ1) is 44.9. The zero-order chi connectivity index (χ0) is 41.0. The number of aliphatic hydroxyl groups is 8. The highest BCUT2D eigenvalue weighted by molar-refractivity contribution is 5.77. The van der Waals surface area contributed by atoms with Crippen LogP contribution >= 0.6 is 0 Å². The highest BCUT2D eigenvalue weighted by Crippen LogP contribution is 2.35. The van der Waals surface area contributed by atoms with Gasteiger partial charge >= 0.3 is 23.9 Å². The van der Waals surface area contributed by atoms with E-state index in [0.29, 0.717) is 0 Å². The fourth-order valence-corrected chi connectivity index (χ4v) is 6.29. The van der Waals surface area contributed by atoms with E-state index < -0.39 is 147 Å². The average Bonchev–Trinajstić information content (AvgIpc) is 3.18. The van der Waals surface area contributed by atoms with Gasteiger partial charge in [0.25, 0.3) is 0 Å². The van der Waals surface area contributed by atoms with Crippen LogP contribution in [0.5, 0.6) is 0 Å². The molecule has 0 saturated carbocycles. The molecule has 25 nitrogen and oxygen atoms in total. The first-order valence-corrected chi connectivity index (χ1v) is 16.4. The van der Waals surface area contributed by atoms with Gasteiger partial charge in [-0.25, -0.2) is 19.2 Å². The van der Waals surface area contributed by atoms with E-state index in [1.807, 2.05) is 0 Å². The van der Waals surface area contributed by atoms with Gasteiger partial charge in [-0.2, -0.15) is 0 Å². The number of aliphatic hydroxyl groups excluding tert-OH is 8. The molecule has 4 heterocycles. The average molecular weight is 807 g/mol. The number of rotatable bonds is 12. The molecular formula is C30H46O25. The Labute approximate surface area is 311 Å². The van der Waals surface area contributed by atoms with Gasteiger partial charge in [-0.1, -0.05) is 0 Å². The maximum Gasteiger partial charge on any atom is 0.337 e. The van der Waals surface area contributed by atoms with Gasteiger partial charge < -0.3 is 102 Å². The van der Waals surface area contributed by atoms with Crippen LogP contribution in [-0.2, 0) is 80.8 Å². The van der Waals surface area contributed by atoms with E-state index >= 15 is 0 Å². The molecule has 0 aromatic heterocycles. The van der Waals surface area contributed by atoms with Gasteiger partial charge in [-0.05, 0) is 0 Å². The van der Waals surface area contributed by atoms with Crippen LogP contribution in [0.3, 0.4) is 0 Å². The molecule has 25 heteroatoms. The number of esters is 4. The molecule has 4 rings (SSSR count). The summed E-state index contributed by atoms with van der Waals surface area (Å²) in [6.07, 6.45) is -39.4. The second kappa shape index (κ2) is 19.1. The molecule has 0 aliphatic carbocycles. The SMILES string of the molecule is COC(=O)C1O[C@@H](O[C@H]2C(O)C(O)[C@@H](O[C@H]3C(C(=O)OC)O[C@@H](O[C@H]4C(O)C(O)[C@@H](OC)O[C@H]4C(=O)OC)C(O)[C@@H]3O)O[C@H]2C(=O)OC)C(O)[C@H](O)[C@H]1OC. The molecule has 0 radical (unpaired) electrons. The molecular weight excluding hydrogens is 760 g/mol. The van der Waals surface area contributed by atoms with E-state index in [1.165, 1.54) is 0 Å². The van der Waals surface area contributed by atoms with Crippen molar-refractivity contribution >= 4 is 23.9 Å². The van der Waals surface area contributed by atoms with Crippen LogP contribution in [0.25, 0.3) is 0 Å². The Morgan fingerprint density at radius 3 is 0.836 bits per heavy atom. The van der Waals surface area contributed by atoms with Crippen molar-refractivity contribution < 1.29 is 122 Å². The fourth-order valence-electron chi connectivity index (χ4n) is 6.29. The highest BCUT2D eigenvalue weighted by Gasteiger charge is 2.58. The fraction of sp³-hybridized carbons (Fsp3) is 0.867. The van der Waals surface area contributed by atoms with E-state index in [9.17, 15) is 60.0 Å². The van der Waals surface area contributed by atoms with Crippen LogP contribution in [0.2, 0.25) is 0 Å². The summed E-state index contributed by atoms with van der Waals surface area (Å²) >= 11 is 0. The van der Waals surface area contributed by atoms with Gasteiger partial charge in [0, 0.05) is 14.2 Å². The second-order valence-corrected chi connectivity index (χ2v) is 12.5. The van der Waals surface area contributed by atoms with Gasteiger partial charge in [0.1, 0.15) is 73.2 Å². The van der Waals surface area contributed by atoms with Gasteiger partial charge in [0.2, 0.25) is 0 Å². The molecule has 4 aliphatic heterocycles. The molecule has 0 aromatic rings. The number of carbonyl (C=O) groups excluding carboxylic acids is 4. The van der Waals surface area contributed by atoms with Crippen molar-refractivity contribution in [2.24, 2.45) is 0 Å². The summed E-state index contributed by atoms with van der Waals surface area (Å²) in [6, 6.07) is 0. The first-order chi connectivity index (χ1) is 26.0. The molecule has 316 valence electrons. The molecule has 8 unspecified atom stereocenters. The molecule has 0 amide bonds. The summed E-state index contributed by atoms with van der Waals surface area (Å²) in [5, 5.41) is 87.0. The van der Waals surface area contributed by atoms with Gasteiger partial charge in [0.15, 0.2) is 49.6 Å². The van der Waals surface area contributed by atoms with Crippen LogP contribution in [0.4, 0.5) is 0 Å². The lowest BCUT2D eigenvalue weighted by molar-refractivity contribution is -0.379. The van der Waals surface area contributed by atoms with Crippen molar-refractivity contribution in [1.82, 2.24) is 0 Å². The third-order valence-electron chi connectivity index (χ3n) is 9.29. The Morgan fingerprint density at radius 2 is 0.582 bits per heavy atom. The molecule has 4 saturated heterocycles. The van der Waals surface area contributed by atoms with Crippen LogP contribution in [0.15, 0.2) is 0 Å². The molecule has 55 heavy (non-hydrogen) atoms. The third kappa shape index (κ3) is 9.02. The van der Waals surface area contributed by atoms with Crippen molar-refractivity contribution in [2.45, 2.75) is 123 Å². The molecule has 8 N–H and O–H groups in total. The van der Waals surface area contributed by atoms with Gasteiger partial charge in [-0.3, -0.25) is 0 Å². The van der Waals surface area contributed by atoms with E-state index in [4.69, 9.17) is 52.1 Å². The normalized spacial score (nSPS) is 44.9. The zero-order valence-corrected chi connectivity index (χ0v) is 30.1. The summed E-state index contributed by atoms with van der Waals surface area (Å²) in [7, 11) is 5.98. The van der Waals surface area contributed by atoms with Crippen molar-refractivity contribution in [3.63, 3.8) is 0 Å². The largest absolute Gasteiger partial charge is 0.467 e. The molecule has 0 aromatic carbocycles.